The van der Waals surface area contributed by atoms with Gasteiger partial charge in [-0.15, -0.1) is 0 Å². The van der Waals surface area contributed by atoms with Crippen LogP contribution in [-0.2, 0) is 18.9 Å². The van der Waals surface area contributed by atoms with Crippen LogP contribution < -0.4 is 0 Å². The highest BCUT2D eigenvalue weighted by atomic mass is 16.7. The highest BCUT2D eigenvalue weighted by molar-refractivity contribution is 5.31. The Kier molecular flexibility index (Phi) is 12.3. The Bertz CT molecular complexity index is 1330. The molecule has 3 unspecified atom stereocenters. The van der Waals surface area contributed by atoms with Crippen LogP contribution in [0.4, 0.5) is 0 Å². The Labute approximate surface area is 322 Å². The molecule has 2 heterocycles. The SMILES string of the molecule is C[C@H](CC[C@@H](O[C@@H]1O[C@H](CO)C[C@H](O)[C@H]1O[C@H]1C[C@@H](O)[C@H](O)[C@@H](CO)O1)C(C)(C)O)C1CC[C@@]2(C)C3CC=C4C(CC[C@H](O)C4(C)C)[C@]3(C)[C@H](O)C[C@]12C. The normalized spacial score (nSPS) is 49.0. The third-order valence-corrected chi connectivity index (χ3v) is 16.3. The molecular formula is C42H72O12. The van der Waals surface area contributed by atoms with Gasteiger partial charge in [0, 0.05) is 23.7 Å². The minimum atomic E-state index is -1.31. The maximum atomic E-state index is 12.3. The van der Waals surface area contributed by atoms with Gasteiger partial charge in [0.15, 0.2) is 12.6 Å². The Hall–Kier alpha value is -0.740. The van der Waals surface area contributed by atoms with E-state index in [-0.39, 0.29) is 59.0 Å². The van der Waals surface area contributed by atoms with Crippen molar-refractivity contribution in [2.45, 2.75) is 193 Å². The summed E-state index contributed by atoms with van der Waals surface area (Å²) < 4.78 is 24.4. The average Bonchev–Trinajstić information content (AvgIpc) is 3.36. The molecule has 4 aliphatic carbocycles. The molecule has 0 bridgehead atoms. The van der Waals surface area contributed by atoms with E-state index in [9.17, 15) is 40.9 Å². The van der Waals surface area contributed by atoms with Crippen LogP contribution in [0.25, 0.3) is 0 Å². The van der Waals surface area contributed by atoms with E-state index in [0.29, 0.717) is 18.3 Å². The number of aliphatic hydroxyl groups excluding tert-OH is 7. The van der Waals surface area contributed by atoms with Gasteiger partial charge in [-0.2, -0.15) is 0 Å². The lowest BCUT2D eigenvalue weighted by atomic mass is 9.38. The molecule has 2 aliphatic heterocycles. The molecule has 18 atom stereocenters. The molecule has 312 valence electrons. The zero-order chi connectivity index (χ0) is 39.8. The van der Waals surface area contributed by atoms with Crippen LogP contribution in [0.15, 0.2) is 11.6 Å². The van der Waals surface area contributed by atoms with E-state index >= 15 is 0 Å². The number of allylic oxidation sites excluding steroid dienone is 1. The van der Waals surface area contributed by atoms with Gasteiger partial charge in [0.25, 0.3) is 0 Å². The van der Waals surface area contributed by atoms with Crippen LogP contribution in [0.2, 0.25) is 0 Å². The van der Waals surface area contributed by atoms with Crippen molar-refractivity contribution in [3.05, 3.63) is 11.6 Å². The van der Waals surface area contributed by atoms with Crippen molar-refractivity contribution in [1.82, 2.24) is 0 Å². The van der Waals surface area contributed by atoms with Crippen LogP contribution in [0.1, 0.15) is 120 Å². The summed E-state index contributed by atoms with van der Waals surface area (Å²) >= 11 is 0. The molecule has 8 N–H and O–H groups in total. The zero-order valence-corrected chi connectivity index (χ0v) is 33.9. The van der Waals surface area contributed by atoms with E-state index in [4.69, 9.17) is 18.9 Å². The fraction of sp³-hybridized carbons (Fsp3) is 0.952. The average molecular weight is 769 g/mol. The van der Waals surface area contributed by atoms with Gasteiger partial charge in [0.2, 0.25) is 0 Å². The Morgan fingerprint density at radius 2 is 1.57 bits per heavy atom. The van der Waals surface area contributed by atoms with E-state index < -0.39 is 73.6 Å². The van der Waals surface area contributed by atoms with Crippen molar-refractivity contribution in [2.24, 2.45) is 45.3 Å². The van der Waals surface area contributed by atoms with Crippen LogP contribution >= 0.6 is 0 Å². The molecule has 0 aromatic rings. The van der Waals surface area contributed by atoms with E-state index in [1.54, 1.807) is 13.8 Å². The summed E-state index contributed by atoms with van der Waals surface area (Å²) in [6.45, 7) is 16.3. The van der Waals surface area contributed by atoms with Crippen molar-refractivity contribution in [3.63, 3.8) is 0 Å². The van der Waals surface area contributed by atoms with Crippen LogP contribution in [0, 0.1) is 45.3 Å². The maximum absolute atomic E-state index is 12.3. The first kappa shape index (κ1) is 42.9. The monoisotopic (exact) mass is 769 g/mol. The van der Waals surface area contributed by atoms with E-state index in [0.717, 1.165) is 44.9 Å². The second-order valence-corrected chi connectivity index (χ2v) is 20.0. The van der Waals surface area contributed by atoms with Gasteiger partial charge in [0.05, 0.1) is 55.4 Å². The highest BCUT2D eigenvalue weighted by Crippen LogP contribution is 2.75. The van der Waals surface area contributed by atoms with E-state index in [1.165, 1.54) is 5.57 Å². The van der Waals surface area contributed by atoms with Gasteiger partial charge in [-0.25, -0.2) is 0 Å². The summed E-state index contributed by atoms with van der Waals surface area (Å²) in [6.07, 6.45) is -1.33. The quantitative estimate of drug-likeness (QED) is 0.143. The molecule has 0 aromatic heterocycles. The van der Waals surface area contributed by atoms with Crippen molar-refractivity contribution in [1.29, 1.82) is 0 Å². The molecule has 6 aliphatic rings. The summed E-state index contributed by atoms with van der Waals surface area (Å²) in [4.78, 5) is 0. The smallest absolute Gasteiger partial charge is 0.187 e. The van der Waals surface area contributed by atoms with Gasteiger partial charge in [-0.3, -0.25) is 0 Å². The summed E-state index contributed by atoms with van der Waals surface area (Å²) in [7, 11) is 0. The number of hydrogen-bond acceptors (Lipinski definition) is 12. The maximum Gasteiger partial charge on any atom is 0.187 e. The standard InChI is InChI=1S/C42H72O12/c1-22(24-15-16-40(6)30-12-10-25-26(11-13-31(47)38(25,2)3)42(30,8)32(48)19-41(24,40)7)9-14-33(39(4,5)50)53-37-36(28(46)17-23(20-43)51-37)54-34-18-27(45)35(49)29(21-44)52-34/h10,22-24,26-37,43-50H,9,11-21H2,1-8H3/t22-,23+,24?,26?,27-,28+,29-,30?,31+,32-,33-,34+,35+,36-,37+,40+,41-,42+/m1/s1. The first-order valence-corrected chi connectivity index (χ1v) is 20.8. The lowest BCUT2D eigenvalue weighted by Crippen LogP contribution is -2.64. The third-order valence-electron chi connectivity index (χ3n) is 16.3. The lowest BCUT2D eigenvalue weighted by Gasteiger charge is -2.67. The molecular weight excluding hydrogens is 696 g/mol. The molecule has 2 saturated heterocycles. The molecule has 0 radical (unpaired) electrons. The predicted molar refractivity (Wildman–Crippen MR) is 200 cm³/mol. The Morgan fingerprint density at radius 1 is 0.870 bits per heavy atom. The summed E-state index contributed by atoms with van der Waals surface area (Å²) in [6, 6.07) is 0. The second kappa shape index (κ2) is 15.5. The van der Waals surface area contributed by atoms with Gasteiger partial charge in [-0.05, 0) is 99.7 Å². The number of rotatable bonds is 11. The van der Waals surface area contributed by atoms with Gasteiger partial charge >= 0.3 is 0 Å². The van der Waals surface area contributed by atoms with Crippen molar-refractivity contribution >= 4 is 0 Å². The molecule has 12 heteroatoms. The van der Waals surface area contributed by atoms with Crippen LogP contribution in [0.3, 0.4) is 0 Å². The summed E-state index contributed by atoms with van der Waals surface area (Å²) in [5.41, 5.74) is -0.623. The van der Waals surface area contributed by atoms with Crippen LogP contribution in [-0.4, -0.2) is 127 Å². The fourth-order valence-electron chi connectivity index (χ4n) is 12.6. The van der Waals surface area contributed by atoms with Gasteiger partial charge in [-0.1, -0.05) is 53.2 Å². The Balaban J connectivity index is 1.17. The molecule has 5 fully saturated rings. The van der Waals surface area contributed by atoms with Gasteiger partial charge in [0.1, 0.15) is 18.3 Å². The van der Waals surface area contributed by atoms with E-state index in [1.807, 2.05) is 0 Å². The molecule has 0 aromatic carbocycles. The fourth-order valence-corrected chi connectivity index (χ4v) is 12.6. The lowest BCUT2D eigenvalue weighted by molar-refractivity contribution is -0.347. The van der Waals surface area contributed by atoms with E-state index in [2.05, 4.69) is 47.6 Å². The number of ether oxygens (including phenoxy) is 4. The minimum Gasteiger partial charge on any atom is -0.394 e. The third kappa shape index (κ3) is 7.18. The molecule has 54 heavy (non-hydrogen) atoms. The van der Waals surface area contributed by atoms with Crippen molar-refractivity contribution in [3.8, 4) is 0 Å². The van der Waals surface area contributed by atoms with Crippen molar-refractivity contribution in [2.75, 3.05) is 13.2 Å². The summed E-state index contributed by atoms with van der Waals surface area (Å²) in [5, 5.41) is 86.0. The number of aliphatic hydroxyl groups is 8. The largest absolute Gasteiger partial charge is 0.394 e. The molecule has 6 rings (SSSR count). The molecule has 12 nitrogen and oxygen atoms in total. The molecule has 0 amide bonds. The van der Waals surface area contributed by atoms with Crippen LogP contribution in [0.5, 0.6) is 0 Å². The molecule has 3 saturated carbocycles. The first-order chi connectivity index (χ1) is 25.1. The zero-order valence-electron chi connectivity index (χ0n) is 33.9. The predicted octanol–water partition coefficient (Wildman–Crippen LogP) is 3.18. The number of hydrogen-bond donors (Lipinski definition) is 8. The van der Waals surface area contributed by atoms with Crippen molar-refractivity contribution < 1.29 is 59.8 Å². The first-order valence-electron chi connectivity index (χ1n) is 20.8. The number of fused-ring (bicyclic) bond motifs is 5. The summed E-state index contributed by atoms with van der Waals surface area (Å²) in [5.74, 6) is 1.16. The van der Waals surface area contributed by atoms with Gasteiger partial charge < -0.3 is 59.8 Å². The minimum absolute atomic E-state index is 0.0179. The molecule has 0 spiro atoms. The Morgan fingerprint density at radius 3 is 2.22 bits per heavy atom. The second-order valence-electron chi connectivity index (χ2n) is 20.0. The topological polar surface area (TPSA) is 199 Å². The highest BCUT2D eigenvalue weighted by Gasteiger charge is 2.70.